The van der Waals surface area contributed by atoms with E-state index in [9.17, 15) is 28.8 Å². The second-order valence-electron chi connectivity index (χ2n) is 16.3. The summed E-state index contributed by atoms with van der Waals surface area (Å²) in [4.78, 5) is 67.4. The van der Waals surface area contributed by atoms with E-state index in [2.05, 4.69) is 24.5 Å². The molecule has 59 heavy (non-hydrogen) atoms. The van der Waals surface area contributed by atoms with Gasteiger partial charge in [-0.2, -0.15) is 0 Å². The van der Waals surface area contributed by atoms with Gasteiger partial charge in [0, 0.05) is 55.2 Å². The average Bonchev–Trinajstić information content (AvgIpc) is 3.17. The summed E-state index contributed by atoms with van der Waals surface area (Å²) in [5.74, 6) is -3.92. The Hall–Kier alpha value is -2.18. The second kappa shape index (κ2) is 46.9. The summed E-state index contributed by atoms with van der Waals surface area (Å²) in [6, 6.07) is -2.07. The smallest absolute Gasteiger partial charge is 0.326 e. The number of amides is 4. The fourth-order valence-corrected chi connectivity index (χ4v) is 6.93. The molecule has 0 aliphatic carbocycles. The van der Waals surface area contributed by atoms with Gasteiger partial charge in [-0.15, -0.1) is 0 Å². The van der Waals surface area contributed by atoms with Gasteiger partial charge in [0.15, 0.2) is 0 Å². The predicted molar refractivity (Wildman–Crippen MR) is 241 cm³/mol. The summed E-state index contributed by atoms with van der Waals surface area (Å²) in [6.45, 7) is 4.51. The first kappa shape index (κ1) is 61.1. The zero-order chi connectivity index (χ0) is 43.5. The van der Waals surface area contributed by atoms with Crippen LogP contribution >= 0.6 is 0 Å². The fourth-order valence-electron chi connectivity index (χ4n) is 6.93. The molecule has 0 rings (SSSR count). The Labute approximate surface area is 381 Å². The zero-order valence-electron chi connectivity index (χ0n) is 38.1. The van der Waals surface area contributed by atoms with Crippen molar-refractivity contribution in [3.05, 3.63) is 0 Å². The Kier molecular flexibility index (Phi) is 48.6. The predicted octanol–water partition coefficient (Wildman–Crippen LogP) is 9.78. The van der Waals surface area contributed by atoms with Crippen molar-refractivity contribution in [2.24, 2.45) is 11.5 Å². The first-order chi connectivity index (χ1) is 27.9. The van der Waals surface area contributed by atoms with E-state index in [1.54, 1.807) is 0 Å². The second-order valence-corrected chi connectivity index (χ2v) is 16.3. The molecule has 0 unspecified atom stereocenters. The third-order valence-electron chi connectivity index (χ3n) is 10.6. The molecule has 4 amide bonds. The van der Waals surface area contributed by atoms with Crippen LogP contribution in [0.2, 0.25) is 0 Å². The number of hydrogen-bond acceptors (Lipinski definition) is 6. The number of aliphatic carboxylic acids is 2. The van der Waals surface area contributed by atoms with Gasteiger partial charge in [0.2, 0.25) is 23.6 Å². The van der Waals surface area contributed by atoms with E-state index in [0.717, 1.165) is 38.5 Å². The Morgan fingerprint density at radius 3 is 0.763 bits per heavy atom. The third-order valence-corrected chi connectivity index (χ3v) is 10.6. The molecule has 0 aromatic carbocycles. The molecule has 341 valence electrons. The van der Waals surface area contributed by atoms with E-state index < -0.39 is 35.8 Å². The molecule has 0 aliphatic heterocycles. The summed E-state index contributed by atoms with van der Waals surface area (Å²) >= 11 is 0. The topological polar surface area (TPSA) is 219 Å². The molecule has 1 radical (unpaired) electrons. The molecule has 0 saturated carbocycles. The van der Waals surface area contributed by atoms with Crippen LogP contribution in [-0.4, -0.2) is 87.4 Å². The zero-order valence-corrected chi connectivity index (χ0v) is 40.1. The Morgan fingerprint density at radius 1 is 0.373 bits per heavy atom. The molecule has 0 aromatic rings. The number of carboxylic acids is 2. The van der Waals surface area contributed by atoms with Crippen LogP contribution in [0.4, 0.5) is 0 Å². The van der Waals surface area contributed by atoms with Gasteiger partial charge in [0.05, 0.1) is 0 Å². The van der Waals surface area contributed by atoms with Gasteiger partial charge in [-0.25, -0.2) is 9.59 Å². The van der Waals surface area contributed by atoms with Crippen LogP contribution in [-0.2, 0) is 28.8 Å². The van der Waals surface area contributed by atoms with Crippen molar-refractivity contribution in [3.8, 4) is 0 Å². The van der Waals surface area contributed by atoms with Crippen molar-refractivity contribution in [2.45, 2.75) is 257 Å². The Morgan fingerprint density at radius 2 is 0.576 bits per heavy atom. The Balaban J connectivity index is -0.00000105. The summed E-state index contributed by atoms with van der Waals surface area (Å²) in [6.07, 6.45) is 38.6. The summed E-state index contributed by atoms with van der Waals surface area (Å²) in [5, 5.41) is 23.1. The van der Waals surface area contributed by atoms with E-state index >= 15 is 0 Å². The van der Waals surface area contributed by atoms with E-state index in [4.69, 9.17) is 21.7 Å². The molecule has 0 bridgehead atoms. The van der Waals surface area contributed by atoms with Gasteiger partial charge in [0.25, 0.3) is 0 Å². The number of carboxylic acid groups (broad SMARTS) is 2. The van der Waals surface area contributed by atoms with Gasteiger partial charge in [0.1, 0.15) is 12.1 Å². The van der Waals surface area contributed by atoms with Gasteiger partial charge >= 0.3 is 11.9 Å². The maximum atomic E-state index is 11.8. The van der Waals surface area contributed by atoms with Crippen LogP contribution in [0.15, 0.2) is 0 Å². The monoisotopic (exact) mass is 848 g/mol. The number of carbonyl (C=O) groups is 6. The van der Waals surface area contributed by atoms with Crippen LogP contribution in [0.1, 0.15) is 245 Å². The van der Waals surface area contributed by atoms with Crippen LogP contribution in [0, 0.1) is 0 Å². The van der Waals surface area contributed by atoms with E-state index in [-0.39, 0.29) is 67.1 Å². The number of rotatable bonds is 42. The van der Waals surface area contributed by atoms with Crippen LogP contribution < -0.4 is 22.1 Å². The molecule has 12 nitrogen and oxygen atoms in total. The number of hydrogen-bond donors (Lipinski definition) is 6. The minimum absolute atomic E-state index is 0. The quantitative estimate of drug-likeness (QED) is 0.0256. The number of nitrogens with one attached hydrogen (secondary N) is 2. The Bertz CT molecular complexity index is 969. The maximum Gasteiger partial charge on any atom is 0.326 e. The molecule has 0 fully saturated rings. The molecule has 0 spiro atoms. The van der Waals surface area contributed by atoms with Crippen LogP contribution in [0.25, 0.3) is 0 Å². The van der Waals surface area contributed by atoms with Crippen molar-refractivity contribution >= 4 is 65.1 Å². The fraction of sp³-hybridized carbons (Fsp3) is 0.870. The van der Waals surface area contributed by atoms with Crippen molar-refractivity contribution in [1.29, 1.82) is 0 Å². The number of primary amides is 2. The molecule has 2 atom stereocenters. The number of unbranched alkanes of at least 4 members (excludes halogenated alkanes) is 28. The molecule has 13 heteroatoms. The molecule has 0 aromatic heterocycles. The minimum Gasteiger partial charge on any atom is -0.480 e. The van der Waals surface area contributed by atoms with Crippen LogP contribution in [0.5, 0.6) is 0 Å². The first-order valence-electron chi connectivity index (χ1n) is 23.5. The molecule has 0 aliphatic rings. The van der Waals surface area contributed by atoms with Gasteiger partial charge in [-0.05, 0) is 25.7 Å². The van der Waals surface area contributed by atoms with Gasteiger partial charge in [-0.3, -0.25) is 19.2 Å². The van der Waals surface area contributed by atoms with E-state index in [0.29, 0.717) is 12.8 Å². The van der Waals surface area contributed by atoms with Gasteiger partial charge < -0.3 is 32.3 Å². The minimum atomic E-state index is -1.13. The standard InChI is InChI=1S/2C23H44N2O4.Na/c2*1-2-3-4-5-6-7-8-9-10-11-12-13-14-15-16-17-22(27)25-20(23(28)29)18-19-21(24)26;/h2*20H,2-19H2,1H3,(H2,24,26)(H,25,27)(H,28,29);/t2*20-;/m00./s1. The molecular weight excluding hydrogens is 760 g/mol. The van der Waals surface area contributed by atoms with Crippen molar-refractivity contribution in [3.63, 3.8) is 0 Å². The summed E-state index contributed by atoms with van der Waals surface area (Å²) in [7, 11) is 0. The SMILES string of the molecule is CCCCCCCCCCCCCCCCCC(=O)N[C@@H](CCC(N)=O)C(=O)O.CCCCCCCCCCCCCCCCCC(=O)N[C@@H](CCC(N)=O)C(=O)O.[Na]. The average molecular weight is 848 g/mol. The van der Waals surface area contributed by atoms with Gasteiger partial charge in [-0.1, -0.05) is 194 Å². The number of carbonyl (C=O) groups excluding carboxylic acids is 4. The third kappa shape index (κ3) is 48.4. The molecular formula is C46H88N4NaO8. The summed E-state index contributed by atoms with van der Waals surface area (Å²) in [5.41, 5.74) is 10.1. The van der Waals surface area contributed by atoms with Crippen LogP contribution in [0.3, 0.4) is 0 Å². The molecule has 0 saturated heterocycles. The maximum absolute atomic E-state index is 11.8. The first-order valence-corrected chi connectivity index (χ1v) is 23.5. The normalized spacial score (nSPS) is 11.7. The van der Waals surface area contributed by atoms with Crippen molar-refractivity contribution < 1.29 is 39.0 Å². The number of nitrogens with two attached hydrogens (primary N) is 2. The van der Waals surface area contributed by atoms with E-state index in [1.165, 1.54) is 154 Å². The molecule has 8 N–H and O–H groups in total. The van der Waals surface area contributed by atoms with Crippen molar-refractivity contribution in [2.75, 3.05) is 0 Å². The largest absolute Gasteiger partial charge is 0.480 e. The molecule has 0 heterocycles. The summed E-state index contributed by atoms with van der Waals surface area (Å²) < 4.78 is 0. The van der Waals surface area contributed by atoms with E-state index in [1.807, 2.05) is 0 Å². The van der Waals surface area contributed by atoms with Crippen molar-refractivity contribution in [1.82, 2.24) is 10.6 Å².